The van der Waals surface area contributed by atoms with Crippen molar-refractivity contribution in [2.24, 2.45) is 0 Å². The largest absolute Gasteiger partial charge is 0.488 e. The summed E-state index contributed by atoms with van der Waals surface area (Å²) in [6, 6.07) is 25.0. The Balaban J connectivity index is 1.81. The van der Waals surface area contributed by atoms with Gasteiger partial charge in [-0.15, -0.1) is 0 Å². The Kier molecular flexibility index (Phi) is 6.44. The van der Waals surface area contributed by atoms with E-state index in [1.807, 2.05) is 92.7 Å². The molecule has 0 radical (unpaired) electrons. The highest BCUT2D eigenvalue weighted by molar-refractivity contribution is 6.10. The topological polar surface area (TPSA) is 62.1 Å². The Hall–Kier alpha value is -3.84. The number of hydrogen-bond donors (Lipinski definition) is 1. The predicted octanol–water partition coefficient (Wildman–Crippen LogP) is 5.43. The molecule has 0 saturated heterocycles. The van der Waals surface area contributed by atoms with E-state index in [-0.39, 0.29) is 5.57 Å². The van der Waals surface area contributed by atoms with Crippen molar-refractivity contribution in [3.8, 4) is 11.8 Å². The lowest BCUT2D eigenvalue weighted by Crippen LogP contribution is -2.14. The highest BCUT2D eigenvalue weighted by atomic mass is 16.5. The number of ether oxygens (including phenoxy) is 1. The molecular formula is C25H22N2O2. The molecule has 4 heteroatoms. The van der Waals surface area contributed by atoms with Crippen LogP contribution in [-0.4, -0.2) is 5.91 Å². The lowest BCUT2D eigenvalue weighted by molar-refractivity contribution is -0.112. The summed E-state index contributed by atoms with van der Waals surface area (Å²) < 4.78 is 5.92. The average molecular weight is 382 g/mol. The summed E-state index contributed by atoms with van der Waals surface area (Å²) >= 11 is 0. The van der Waals surface area contributed by atoms with Crippen LogP contribution in [0.1, 0.15) is 22.3 Å². The molecule has 0 aliphatic carbocycles. The molecule has 0 fully saturated rings. The van der Waals surface area contributed by atoms with Crippen LogP contribution >= 0.6 is 0 Å². The van der Waals surface area contributed by atoms with E-state index in [4.69, 9.17) is 4.74 Å². The molecule has 0 unspecified atom stereocenters. The number of hydrogen-bond acceptors (Lipinski definition) is 3. The number of aryl methyl sites for hydroxylation is 2. The van der Waals surface area contributed by atoms with Gasteiger partial charge < -0.3 is 10.1 Å². The maximum absolute atomic E-state index is 12.7. The maximum Gasteiger partial charge on any atom is 0.266 e. The molecule has 0 aromatic heterocycles. The Morgan fingerprint density at radius 3 is 2.52 bits per heavy atom. The quantitative estimate of drug-likeness (QED) is 0.457. The van der Waals surface area contributed by atoms with Crippen molar-refractivity contribution in [3.05, 3.63) is 101 Å². The van der Waals surface area contributed by atoms with E-state index >= 15 is 0 Å². The van der Waals surface area contributed by atoms with Crippen LogP contribution in [0.5, 0.6) is 5.75 Å². The first-order valence-corrected chi connectivity index (χ1v) is 9.33. The summed E-state index contributed by atoms with van der Waals surface area (Å²) in [6.45, 7) is 4.27. The number of carbonyl (C=O) groups excluding carboxylic acids is 1. The molecule has 0 atom stereocenters. The number of nitrogens with one attached hydrogen (secondary N) is 1. The number of benzene rings is 3. The van der Waals surface area contributed by atoms with Gasteiger partial charge in [0.05, 0.1) is 0 Å². The highest BCUT2D eigenvalue weighted by Crippen LogP contribution is 2.23. The van der Waals surface area contributed by atoms with Crippen LogP contribution in [0.15, 0.2) is 78.4 Å². The Morgan fingerprint density at radius 2 is 1.76 bits per heavy atom. The lowest BCUT2D eigenvalue weighted by Gasteiger charge is -2.11. The molecule has 1 N–H and O–H groups in total. The second-order valence-electron chi connectivity index (χ2n) is 6.75. The average Bonchev–Trinajstić information content (AvgIpc) is 2.74. The lowest BCUT2D eigenvalue weighted by atomic mass is 10.1. The van der Waals surface area contributed by atoms with Gasteiger partial charge >= 0.3 is 0 Å². The SMILES string of the molecule is Cc1ccc(C)c(NC(=O)/C(C#N)=C/c2ccccc2OCc2ccccc2)c1. The number of rotatable bonds is 6. The van der Waals surface area contributed by atoms with E-state index < -0.39 is 5.91 Å². The molecule has 3 aromatic carbocycles. The zero-order chi connectivity index (χ0) is 20.6. The molecule has 0 spiro atoms. The van der Waals surface area contributed by atoms with Crippen LogP contribution < -0.4 is 10.1 Å². The molecule has 3 aromatic rings. The third-order valence-electron chi connectivity index (χ3n) is 4.46. The Morgan fingerprint density at radius 1 is 1.03 bits per heavy atom. The van der Waals surface area contributed by atoms with Crippen molar-refractivity contribution in [1.29, 1.82) is 5.26 Å². The summed E-state index contributed by atoms with van der Waals surface area (Å²) in [5, 5.41) is 12.4. The zero-order valence-electron chi connectivity index (χ0n) is 16.5. The fraction of sp³-hybridized carbons (Fsp3) is 0.120. The van der Waals surface area contributed by atoms with E-state index in [1.165, 1.54) is 0 Å². The van der Waals surface area contributed by atoms with Crippen molar-refractivity contribution in [2.45, 2.75) is 20.5 Å². The molecule has 1 amide bonds. The van der Waals surface area contributed by atoms with E-state index in [0.717, 1.165) is 16.7 Å². The van der Waals surface area contributed by atoms with Gasteiger partial charge in [-0.2, -0.15) is 5.26 Å². The van der Waals surface area contributed by atoms with Crippen LogP contribution in [0.4, 0.5) is 5.69 Å². The normalized spacial score (nSPS) is 10.9. The van der Waals surface area contributed by atoms with Gasteiger partial charge in [0.25, 0.3) is 5.91 Å². The fourth-order valence-electron chi connectivity index (χ4n) is 2.83. The first kappa shape index (κ1) is 19.9. The minimum atomic E-state index is -0.445. The van der Waals surface area contributed by atoms with Crippen molar-refractivity contribution < 1.29 is 9.53 Å². The minimum Gasteiger partial charge on any atom is -0.488 e. The van der Waals surface area contributed by atoms with Crippen molar-refractivity contribution >= 4 is 17.7 Å². The monoisotopic (exact) mass is 382 g/mol. The van der Waals surface area contributed by atoms with Crippen molar-refractivity contribution in [3.63, 3.8) is 0 Å². The van der Waals surface area contributed by atoms with Crippen molar-refractivity contribution in [2.75, 3.05) is 5.32 Å². The molecule has 0 aliphatic heterocycles. The van der Waals surface area contributed by atoms with Gasteiger partial charge in [0.15, 0.2) is 0 Å². The number of anilines is 1. The maximum atomic E-state index is 12.7. The fourth-order valence-corrected chi connectivity index (χ4v) is 2.83. The van der Waals surface area contributed by atoms with Gasteiger partial charge in [0, 0.05) is 11.3 Å². The van der Waals surface area contributed by atoms with Gasteiger partial charge in [-0.05, 0) is 48.7 Å². The first-order chi connectivity index (χ1) is 14.1. The van der Waals surface area contributed by atoms with Crippen molar-refractivity contribution in [1.82, 2.24) is 0 Å². The molecule has 0 saturated carbocycles. The van der Waals surface area contributed by atoms with Gasteiger partial charge in [0.2, 0.25) is 0 Å². The summed E-state index contributed by atoms with van der Waals surface area (Å²) in [5.74, 6) is 0.169. The number of nitriles is 1. The molecule has 0 bridgehead atoms. The first-order valence-electron chi connectivity index (χ1n) is 9.33. The van der Waals surface area contributed by atoms with E-state index in [1.54, 1.807) is 6.08 Å². The Labute approximate surface area is 171 Å². The summed E-state index contributed by atoms with van der Waals surface area (Å²) in [7, 11) is 0. The number of para-hydroxylation sites is 1. The second kappa shape index (κ2) is 9.38. The molecular weight excluding hydrogens is 360 g/mol. The molecule has 0 aliphatic rings. The van der Waals surface area contributed by atoms with Gasteiger partial charge in [-0.1, -0.05) is 60.7 Å². The molecule has 144 valence electrons. The molecule has 3 rings (SSSR count). The number of amides is 1. The highest BCUT2D eigenvalue weighted by Gasteiger charge is 2.12. The molecule has 29 heavy (non-hydrogen) atoms. The minimum absolute atomic E-state index is 0.0154. The van der Waals surface area contributed by atoms with Gasteiger partial charge in [-0.25, -0.2) is 0 Å². The standard InChI is InChI=1S/C25H22N2O2/c1-18-12-13-19(2)23(14-18)27-25(28)22(16-26)15-21-10-6-7-11-24(21)29-17-20-8-4-3-5-9-20/h3-15H,17H2,1-2H3,(H,27,28)/b22-15+. The Bertz CT molecular complexity index is 1080. The summed E-state index contributed by atoms with van der Waals surface area (Å²) in [5.41, 5.74) is 4.41. The zero-order valence-corrected chi connectivity index (χ0v) is 16.5. The third-order valence-corrected chi connectivity index (χ3v) is 4.46. The summed E-state index contributed by atoms with van der Waals surface area (Å²) in [6.07, 6.45) is 1.56. The van der Waals surface area contributed by atoms with Crippen LogP contribution in [0.25, 0.3) is 6.08 Å². The van der Waals surface area contributed by atoms with Crippen LogP contribution in [0.2, 0.25) is 0 Å². The second-order valence-corrected chi connectivity index (χ2v) is 6.75. The van der Waals surface area contributed by atoms with Gasteiger partial charge in [-0.3, -0.25) is 4.79 Å². The van der Waals surface area contributed by atoms with E-state index in [9.17, 15) is 10.1 Å². The number of carbonyl (C=O) groups is 1. The van der Waals surface area contributed by atoms with E-state index in [2.05, 4.69) is 5.32 Å². The molecule has 4 nitrogen and oxygen atoms in total. The van der Waals surface area contributed by atoms with Gasteiger partial charge in [0.1, 0.15) is 24.0 Å². The number of nitrogens with zero attached hydrogens (tertiary/aromatic N) is 1. The van der Waals surface area contributed by atoms with Crippen LogP contribution in [-0.2, 0) is 11.4 Å². The molecule has 0 heterocycles. The third kappa shape index (κ3) is 5.33. The van der Waals surface area contributed by atoms with Crippen LogP contribution in [0, 0.1) is 25.2 Å². The summed E-state index contributed by atoms with van der Waals surface area (Å²) in [4.78, 5) is 12.7. The van der Waals surface area contributed by atoms with Crippen LogP contribution in [0.3, 0.4) is 0 Å². The predicted molar refractivity (Wildman–Crippen MR) is 115 cm³/mol. The smallest absolute Gasteiger partial charge is 0.266 e. The van der Waals surface area contributed by atoms with E-state index in [0.29, 0.717) is 23.6 Å².